The smallest absolute Gasteiger partial charge is 0.225 e. The molecule has 0 aromatic carbocycles. The third-order valence-electron chi connectivity index (χ3n) is 3.03. The molecule has 3 heterocycles. The Kier molecular flexibility index (Phi) is 4.67. The first-order valence-electron chi connectivity index (χ1n) is 6.71. The number of anilines is 1. The van der Waals surface area contributed by atoms with Crippen molar-refractivity contribution in [1.82, 2.24) is 9.97 Å². The lowest BCUT2D eigenvalue weighted by Crippen LogP contribution is -2.17. The summed E-state index contributed by atoms with van der Waals surface area (Å²) in [5.41, 5.74) is 7.09. The SMILES string of the molecule is C[C@H](N)Cc1oc2c(NCc3cccs3)nc(Cl)nc2c1Br. The maximum absolute atomic E-state index is 6.02. The second kappa shape index (κ2) is 6.54. The zero-order chi connectivity index (χ0) is 15.7. The molecule has 3 aromatic rings. The summed E-state index contributed by atoms with van der Waals surface area (Å²) >= 11 is 11.2. The highest BCUT2D eigenvalue weighted by atomic mass is 79.9. The molecule has 0 spiro atoms. The van der Waals surface area contributed by atoms with Gasteiger partial charge in [0.1, 0.15) is 11.3 Å². The molecule has 0 saturated heterocycles. The van der Waals surface area contributed by atoms with Gasteiger partial charge in [-0.2, -0.15) is 4.98 Å². The van der Waals surface area contributed by atoms with Crippen LogP contribution in [0.5, 0.6) is 0 Å². The normalized spacial score (nSPS) is 12.7. The van der Waals surface area contributed by atoms with Crippen LogP contribution in [0.25, 0.3) is 11.1 Å². The van der Waals surface area contributed by atoms with Gasteiger partial charge in [-0.05, 0) is 45.9 Å². The summed E-state index contributed by atoms with van der Waals surface area (Å²) in [7, 11) is 0. The van der Waals surface area contributed by atoms with E-state index in [1.807, 2.05) is 18.4 Å². The number of fused-ring (bicyclic) bond motifs is 1. The van der Waals surface area contributed by atoms with Crippen LogP contribution in [-0.2, 0) is 13.0 Å². The summed E-state index contributed by atoms with van der Waals surface area (Å²) in [6, 6.07) is 4.05. The zero-order valence-electron chi connectivity index (χ0n) is 11.8. The van der Waals surface area contributed by atoms with Crippen molar-refractivity contribution >= 4 is 55.8 Å². The quantitative estimate of drug-likeness (QED) is 0.626. The molecule has 3 rings (SSSR count). The molecule has 5 nitrogen and oxygen atoms in total. The Balaban J connectivity index is 1.98. The first kappa shape index (κ1) is 15.7. The number of nitrogens with one attached hydrogen (secondary N) is 1. The van der Waals surface area contributed by atoms with Gasteiger partial charge >= 0.3 is 0 Å². The first-order valence-corrected chi connectivity index (χ1v) is 8.76. The summed E-state index contributed by atoms with van der Waals surface area (Å²) < 4.78 is 6.68. The van der Waals surface area contributed by atoms with Gasteiger partial charge in [0.05, 0.1) is 11.0 Å². The van der Waals surface area contributed by atoms with E-state index in [9.17, 15) is 0 Å². The van der Waals surface area contributed by atoms with Crippen molar-refractivity contribution in [3.8, 4) is 0 Å². The average Bonchev–Trinajstić information content (AvgIpc) is 3.07. The van der Waals surface area contributed by atoms with Crippen LogP contribution in [0.2, 0.25) is 5.28 Å². The van der Waals surface area contributed by atoms with Gasteiger partial charge in [0, 0.05) is 17.3 Å². The number of nitrogens with two attached hydrogens (primary N) is 1. The van der Waals surface area contributed by atoms with Crippen molar-refractivity contribution in [2.24, 2.45) is 5.73 Å². The third-order valence-corrected chi connectivity index (χ3v) is 4.90. The molecule has 3 aromatic heterocycles. The van der Waals surface area contributed by atoms with Crippen LogP contribution in [0.1, 0.15) is 17.6 Å². The molecule has 0 aliphatic rings. The molecule has 1 atom stereocenters. The Bertz CT molecular complexity index is 788. The summed E-state index contributed by atoms with van der Waals surface area (Å²) in [5.74, 6) is 1.33. The van der Waals surface area contributed by atoms with Gasteiger partial charge in [0.2, 0.25) is 5.28 Å². The molecule has 0 saturated carbocycles. The minimum atomic E-state index is -0.0113. The number of hydrogen-bond acceptors (Lipinski definition) is 6. The van der Waals surface area contributed by atoms with Gasteiger partial charge in [0.15, 0.2) is 11.4 Å². The summed E-state index contributed by atoms with van der Waals surface area (Å²) in [5, 5.41) is 5.46. The molecular weight excluding hydrogens is 388 g/mol. The molecule has 8 heteroatoms. The molecule has 0 aliphatic heterocycles. The van der Waals surface area contributed by atoms with Crippen LogP contribution in [0.4, 0.5) is 5.82 Å². The lowest BCUT2D eigenvalue weighted by atomic mass is 10.2. The lowest BCUT2D eigenvalue weighted by Gasteiger charge is -2.04. The molecule has 3 N–H and O–H groups in total. The fourth-order valence-electron chi connectivity index (χ4n) is 2.10. The average molecular weight is 402 g/mol. The Morgan fingerprint density at radius 3 is 3.00 bits per heavy atom. The minimum Gasteiger partial charge on any atom is -0.454 e. The molecular formula is C14H14BrClN4OS. The summed E-state index contributed by atoms with van der Waals surface area (Å²) in [6.45, 7) is 2.58. The van der Waals surface area contributed by atoms with Crippen LogP contribution in [0, 0.1) is 0 Å². The number of aromatic nitrogens is 2. The van der Waals surface area contributed by atoms with Crippen LogP contribution >= 0.6 is 38.9 Å². The molecule has 0 aliphatic carbocycles. The van der Waals surface area contributed by atoms with E-state index in [2.05, 4.69) is 37.3 Å². The van der Waals surface area contributed by atoms with Crippen molar-refractivity contribution < 1.29 is 4.42 Å². The van der Waals surface area contributed by atoms with Gasteiger partial charge in [-0.3, -0.25) is 0 Å². The zero-order valence-corrected chi connectivity index (χ0v) is 14.9. The van der Waals surface area contributed by atoms with Crippen molar-refractivity contribution in [2.75, 3.05) is 5.32 Å². The minimum absolute atomic E-state index is 0.0113. The van der Waals surface area contributed by atoms with E-state index < -0.39 is 0 Å². The second-order valence-corrected chi connectivity index (χ2v) is 7.14. The molecule has 22 heavy (non-hydrogen) atoms. The molecule has 0 amide bonds. The largest absolute Gasteiger partial charge is 0.454 e. The van der Waals surface area contributed by atoms with E-state index in [-0.39, 0.29) is 11.3 Å². The van der Waals surface area contributed by atoms with E-state index in [4.69, 9.17) is 21.8 Å². The van der Waals surface area contributed by atoms with Crippen molar-refractivity contribution in [1.29, 1.82) is 0 Å². The Hall–Kier alpha value is -1.15. The fourth-order valence-corrected chi connectivity index (χ4v) is 3.42. The number of rotatable bonds is 5. The summed E-state index contributed by atoms with van der Waals surface area (Å²) in [6.07, 6.45) is 0.610. The highest BCUT2D eigenvalue weighted by Crippen LogP contribution is 2.34. The predicted octanol–water partition coefficient (Wildman–Crippen LogP) is 4.20. The number of thiophene rings is 1. The Morgan fingerprint density at radius 2 is 2.32 bits per heavy atom. The topological polar surface area (TPSA) is 77.0 Å². The standard InChI is InChI=1S/C14H14BrClN4OS/c1-7(17)5-9-10(15)11-12(21-9)13(20-14(16)19-11)18-6-8-3-2-4-22-8/h2-4,7H,5-6,17H2,1H3,(H,18,19,20)/t7-/m0/s1. The molecule has 116 valence electrons. The van der Waals surface area contributed by atoms with E-state index in [0.29, 0.717) is 29.9 Å². The first-order chi connectivity index (χ1) is 10.5. The molecule has 0 radical (unpaired) electrons. The molecule has 0 fully saturated rings. The van der Waals surface area contributed by atoms with Gasteiger partial charge in [-0.1, -0.05) is 6.07 Å². The predicted molar refractivity (Wildman–Crippen MR) is 93.5 cm³/mol. The van der Waals surface area contributed by atoms with Crippen LogP contribution in [0.15, 0.2) is 26.4 Å². The maximum atomic E-state index is 6.02. The summed E-state index contributed by atoms with van der Waals surface area (Å²) in [4.78, 5) is 9.68. The van der Waals surface area contributed by atoms with Crippen LogP contribution < -0.4 is 11.1 Å². The van der Waals surface area contributed by atoms with Gasteiger partial charge in [0.25, 0.3) is 0 Å². The highest BCUT2D eigenvalue weighted by Gasteiger charge is 2.19. The van der Waals surface area contributed by atoms with Crippen molar-refractivity contribution in [2.45, 2.75) is 25.9 Å². The molecule has 0 bridgehead atoms. The van der Waals surface area contributed by atoms with Crippen molar-refractivity contribution in [3.63, 3.8) is 0 Å². The second-order valence-electron chi connectivity index (χ2n) is 4.97. The monoisotopic (exact) mass is 400 g/mol. The molecule has 0 unspecified atom stereocenters. The van der Waals surface area contributed by atoms with Crippen molar-refractivity contribution in [3.05, 3.63) is 37.9 Å². The number of hydrogen-bond donors (Lipinski definition) is 2. The maximum Gasteiger partial charge on any atom is 0.225 e. The Labute approximate surface area is 145 Å². The fraction of sp³-hybridized carbons (Fsp3) is 0.286. The van der Waals surface area contributed by atoms with E-state index in [0.717, 1.165) is 10.2 Å². The van der Waals surface area contributed by atoms with Gasteiger partial charge in [-0.25, -0.2) is 4.98 Å². The number of nitrogens with zero attached hydrogens (tertiary/aromatic N) is 2. The Morgan fingerprint density at radius 1 is 1.50 bits per heavy atom. The van der Waals surface area contributed by atoms with E-state index in [1.54, 1.807) is 11.3 Å². The van der Waals surface area contributed by atoms with E-state index >= 15 is 0 Å². The van der Waals surface area contributed by atoms with Gasteiger partial charge in [-0.15, -0.1) is 11.3 Å². The van der Waals surface area contributed by atoms with Gasteiger partial charge < -0.3 is 15.5 Å². The van der Waals surface area contributed by atoms with E-state index in [1.165, 1.54) is 4.88 Å². The van der Waals surface area contributed by atoms with Crippen LogP contribution in [0.3, 0.4) is 0 Å². The third kappa shape index (κ3) is 3.27. The highest BCUT2D eigenvalue weighted by molar-refractivity contribution is 9.10. The lowest BCUT2D eigenvalue weighted by molar-refractivity contribution is 0.522. The number of furan rings is 1. The number of halogens is 2. The van der Waals surface area contributed by atoms with Crippen LogP contribution in [-0.4, -0.2) is 16.0 Å².